The fourth-order valence-corrected chi connectivity index (χ4v) is 2.86. The monoisotopic (exact) mass is 441 g/mol. The van der Waals surface area contributed by atoms with Gasteiger partial charge in [0.05, 0.1) is 15.6 Å². The Balaban J connectivity index is 1.79. The van der Waals surface area contributed by atoms with Crippen molar-refractivity contribution >= 4 is 46.7 Å². The Morgan fingerprint density at radius 1 is 1.24 bits per heavy atom. The average molecular weight is 442 g/mol. The zero-order valence-corrected chi connectivity index (χ0v) is 16.2. The van der Waals surface area contributed by atoms with E-state index in [1.54, 1.807) is 6.92 Å². The van der Waals surface area contributed by atoms with Gasteiger partial charge >= 0.3 is 6.09 Å². The van der Waals surface area contributed by atoms with E-state index in [1.807, 2.05) is 0 Å². The molecule has 1 atom stereocenters. The van der Waals surface area contributed by atoms with Crippen LogP contribution in [0, 0.1) is 0 Å². The quantitative estimate of drug-likeness (QED) is 0.496. The van der Waals surface area contributed by atoms with E-state index in [0.717, 1.165) is 0 Å². The number of hydroxylamine groups is 1. The first-order valence-corrected chi connectivity index (χ1v) is 8.87. The van der Waals surface area contributed by atoms with E-state index < -0.39 is 23.7 Å². The summed E-state index contributed by atoms with van der Waals surface area (Å²) in [6.45, 7) is 1.61. The Kier molecular flexibility index (Phi) is 6.01. The van der Waals surface area contributed by atoms with Crippen LogP contribution in [0.1, 0.15) is 23.7 Å². The van der Waals surface area contributed by atoms with Gasteiger partial charge < -0.3 is 14.9 Å². The van der Waals surface area contributed by atoms with Gasteiger partial charge in [-0.1, -0.05) is 30.1 Å². The molecule has 1 saturated heterocycles. The normalized spacial score (nSPS) is 15.4. The number of amides is 2. The highest BCUT2D eigenvalue weighted by atomic mass is 35.5. The molecule has 2 heterocycles. The van der Waals surface area contributed by atoms with E-state index in [9.17, 15) is 19.2 Å². The van der Waals surface area contributed by atoms with Crippen LogP contribution in [0.25, 0.3) is 0 Å². The second-order valence-electron chi connectivity index (χ2n) is 5.67. The number of nitrogens with one attached hydrogen (secondary N) is 4. The maximum atomic E-state index is 12.1. The van der Waals surface area contributed by atoms with E-state index in [-0.39, 0.29) is 45.1 Å². The van der Waals surface area contributed by atoms with Gasteiger partial charge in [0.1, 0.15) is 0 Å². The number of Topliss-reactive ketones (excluding diaryl/α,β-unsaturated/α-hetero) is 1. The molecule has 0 saturated carbocycles. The second-order valence-corrected chi connectivity index (χ2v) is 6.49. The minimum absolute atomic E-state index is 0.00333. The molecule has 1 aliphatic heterocycles. The summed E-state index contributed by atoms with van der Waals surface area (Å²) in [6.07, 6.45) is -1.75. The fourth-order valence-electron chi connectivity index (χ4n) is 2.29. The Morgan fingerprint density at radius 3 is 2.52 bits per heavy atom. The molecule has 1 aromatic heterocycles. The summed E-state index contributed by atoms with van der Waals surface area (Å²) < 4.78 is 5.50. The van der Waals surface area contributed by atoms with Gasteiger partial charge in [0.25, 0.3) is 11.5 Å². The lowest BCUT2D eigenvalue weighted by molar-refractivity contribution is -0.119. The summed E-state index contributed by atoms with van der Waals surface area (Å²) in [4.78, 5) is 51.0. The summed E-state index contributed by atoms with van der Waals surface area (Å²) in [5.41, 5.74) is 1.66. The SMILES string of the molecule is CCC(=O)c1cc(Oc2c(Cl)cc(NC(=O)C3NOC(=O)N3)cc2Cl)n[nH]c1=O. The van der Waals surface area contributed by atoms with E-state index >= 15 is 0 Å². The molecule has 1 aliphatic rings. The van der Waals surface area contributed by atoms with Gasteiger partial charge in [0, 0.05) is 18.2 Å². The summed E-state index contributed by atoms with van der Waals surface area (Å²) in [5.74, 6) is -1.11. The number of ether oxygens (including phenoxy) is 1. The van der Waals surface area contributed by atoms with E-state index in [2.05, 4.69) is 31.1 Å². The lowest BCUT2D eigenvalue weighted by Crippen LogP contribution is -2.43. The van der Waals surface area contributed by atoms with Gasteiger partial charge in [-0.15, -0.1) is 10.6 Å². The van der Waals surface area contributed by atoms with Crippen molar-refractivity contribution in [3.63, 3.8) is 0 Å². The van der Waals surface area contributed by atoms with Crippen molar-refractivity contribution in [2.45, 2.75) is 19.5 Å². The maximum Gasteiger partial charge on any atom is 0.427 e. The average Bonchev–Trinajstić information content (AvgIpc) is 3.12. The van der Waals surface area contributed by atoms with Crippen molar-refractivity contribution in [3.8, 4) is 11.6 Å². The molecule has 13 heteroatoms. The molecule has 29 heavy (non-hydrogen) atoms. The molecular formula is C16H13Cl2N5O6. The van der Waals surface area contributed by atoms with Gasteiger partial charge in [-0.3, -0.25) is 19.7 Å². The number of H-pyrrole nitrogens is 1. The van der Waals surface area contributed by atoms with E-state index in [1.165, 1.54) is 18.2 Å². The standard InChI is InChI=1S/C16H13Cl2N5O6/c1-2-10(24)7-5-11(21-22-14(7)25)28-12-8(17)3-6(4-9(12)18)19-15(26)13-20-16(27)29-23-13/h3-5,13,23H,2H2,1H3,(H,19,26)(H,20,27)(H,22,25). The Morgan fingerprint density at radius 2 is 1.93 bits per heavy atom. The number of hydrogen-bond acceptors (Lipinski definition) is 8. The van der Waals surface area contributed by atoms with E-state index in [0.29, 0.717) is 0 Å². The van der Waals surface area contributed by atoms with Crippen molar-refractivity contribution in [3.05, 3.63) is 44.2 Å². The molecule has 3 rings (SSSR count). The summed E-state index contributed by atoms with van der Waals surface area (Å²) in [6, 6.07) is 3.88. The minimum Gasteiger partial charge on any atom is -0.434 e. The third kappa shape index (κ3) is 4.65. The number of aromatic amines is 1. The number of rotatable bonds is 6. The summed E-state index contributed by atoms with van der Waals surface area (Å²) in [7, 11) is 0. The number of hydrogen-bond donors (Lipinski definition) is 4. The molecule has 0 spiro atoms. The van der Waals surface area contributed by atoms with Gasteiger partial charge in [-0.25, -0.2) is 9.89 Å². The molecule has 1 unspecified atom stereocenters. The first-order valence-electron chi connectivity index (χ1n) is 8.12. The van der Waals surface area contributed by atoms with Crippen LogP contribution in [0.3, 0.4) is 0 Å². The highest BCUT2D eigenvalue weighted by Gasteiger charge is 2.29. The van der Waals surface area contributed by atoms with Crippen molar-refractivity contribution in [2.75, 3.05) is 5.32 Å². The minimum atomic E-state index is -1.09. The van der Waals surface area contributed by atoms with Crippen LogP contribution >= 0.6 is 23.2 Å². The molecule has 2 amide bonds. The van der Waals surface area contributed by atoms with Gasteiger partial charge in [0.15, 0.2) is 17.7 Å². The van der Waals surface area contributed by atoms with E-state index in [4.69, 9.17) is 27.9 Å². The molecular weight excluding hydrogens is 429 g/mol. The van der Waals surface area contributed by atoms with Crippen molar-refractivity contribution in [1.82, 2.24) is 21.0 Å². The third-order valence-electron chi connectivity index (χ3n) is 3.67. The second kappa shape index (κ2) is 8.47. The number of carbonyl (C=O) groups is 3. The van der Waals surface area contributed by atoms with Gasteiger partial charge in [0.2, 0.25) is 5.88 Å². The van der Waals surface area contributed by atoms with Crippen molar-refractivity contribution in [1.29, 1.82) is 0 Å². The van der Waals surface area contributed by atoms with Gasteiger partial charge in [-0.05, 0) is 12.1 Å². The highest BCUT2D eigenvalue weighted by molar-refractivity contribution is 6.37. The predicted molar refractivity (Wildman–Crippen MR) is 101 cm³/mol. The number of nitrogens with zero attached hydrogens (tertiary/aromatic N) is 1. The van der Waals surface area contributed by atoms with Crippen LogP contribution in [0.2, 0.25) is 10.0 Å². The number of halogens is 2. The largest absolute Gasteiger partial charge is 0.434 e. The Bertz CT molecular complexity index is 1030. The molecule has 0 aliphatic carbocycles. The predicted octanol–water partition coefficient (Wildman–Crippen LogP) is 1.97. The molecule has 2 aromatic rings. The molecule has 1 aromatic carbocycles. The number of aromatic nitrogens is 2. The first-order chi connectivity index (χ1) is 13.8. The fraction of sp³-hybridized carbons (Fsp3) is 0.188. The molecule has 11 nitrogen and oxygen atoms in total. The van der Waals surface area contributed by atoms with Crippen molar-refractivity contribution in [2.24, 2.45) is 0 Å². The smallest absolute Gasteiger partial charge is 0.427 e. The molecule has 152 valence electrons. The summed E-state index contributed by atoms with van der Waals surface area (Å²) in [5, 5.41) is 10.6. The number of benzene rings is 1. The number of anilines is 1. The topological polar surface area (TPSA) is 152 Å². The highest BCUT2D eigenvalue weighted by Crippen LogP contribution is 2.38. The summed E-state index contributed by atoms with van der Waals surface area (Å²) >= 11 is 12.3. The molecule has 0 radical (unpaired) electrons. The van der Waals surface area contributed by atoms with Gasteiger partial charge in [-0.2, -0.15) is 0 Å². The third-order valence-corrected chi connectivity index (χ3v) is 4.23. The molecule has 1 fully saturated rings. The zero-order valence-electron chi connectivity index (χ0n) is 14.7. The number of ketones is 1. The zero-order chi connectivity index (χ0) is 21.1. The molecule has 4 N–H and O–H groups in total. The first kappa shape index (κ1) is 20.6. The maximum absolute atomic E-state index is 12.1. The van der Waals surface area contributed by atoms with Crippen LogP contribution in [0.15, 0.2) is 23.0 Å². The van der Waals surface area contributed by atoms with Crippen LogP contribution < -0.4 is 26.4 Å². The molecule has 0 bridgehead atoms. The van der Waals surface area contributed by atoms with Crippen LogP contribution in [0.5, 0.6) is 11.6 Å². The Labute approximate surface area is 172 Å². The van der Waals surface area contributed by atoms with Crippen LogP contribution in [-0.2, 0) is 9.63 Å². The lowest BCUT2D eigenvalue weighted by Gasteiger charge is -2.13. The number of carbonyl (C=O) groups excluding carboxylic acids is 3. The Hall–Kier alpha value is -3.15. The van der Waals surface area contributed by atoms with Crippen LogP contribution in [-0.4, -0.2) is 34.1 Å². The van der Waals surface area contributed by atoms with Crippen LogP contribution in [0.4, 0.5) is 10.5 Å². The van der Waals surface area contributed by atoms with Crippen molar-refractivity contribution < 1.29 is 24.0 Å². The lowest BCUT2D eigenvalue weighted by atomic mass is 10.1.